The second kappa shape index (κ2) is 5.10. The fraction of sp³-hybridized carbons (Fsp3) is 0.167. The maximum atomic E-state index is 11.5. The lowest BCUT2D eigenvalue weighted by Crippen LogP contribution is -2.17. The molecule has 0 fully saturated rings. The Morgan fingerprint density at radius 1 is 1.53 bits per heavy atom. The molecule has 3 nitrogen and oxygen atoms in total. The number of rotatable bonds is 3. The third-order valence-electron chi connectivity index (χ3n) is 1.81. The second-order valence-electron chi connectivity index (χ2n) is 3.12. The second-order valence-corrected chi connectivity index (χ2v) is 3.12. The van der Waals surface area contributed by atoms with Gasteiger partial charge in [0.25, 0.3) is 5.56 Å². The van der Waals surface area contributed by atoms with Crippen LogP contribution >= 0.6 is 0 Å². The smallest absolute Gasteiger partial charge is 0.255 e. The molecule has 0 atom stereocenters. The maximum Gasteiger partial charge on any atom is 0.255 e. The highest BCUT2D eigenvalue weighted by atomic mass is 16.1. The molecule has 1 aromatic heterocycles. The quantitative estimate of drug-likeness (QED) is 0.692. The van der Waals surface area contributed by atoms with Gasteiger partial charge >= 0.3 is 0 Å². The van der Waals surface area contributed by atoms with Gasteiger partial charge in [-0.3, -0.25) is 14.4 Å². The fourth-order valence-corrected chi connectivity index (χ4v) is 1.09. The molecule has 0 unspecified atom stereocenters. The first-order valence-corrected chi connectivity index (χ1v) is 4.69. The number of aliphatic imine (C=N–C) groups is 1. The van der Waals surface area contributed by atoms with Crippen molar-refractivity contribution in [2.45, 2.75) is 13.8 Å². The summed E-state index contributed by atoms with van der Waals surface area (Å²) in [5, 5.41) is 0. The molecular formula is C12H14N2O. The molecule has 0 aliphatic heterocycles. The minimum atomic E-state index is -0.0706. The highest BCUT2D eigenvalue weighted by molar-refractivity contribution is 6.02. The largest absolute Gasteiger partial charge is 0.283 e. The summed E-state index contributed by atoms with van der Waals surface area (Å²) in [6, 6.07) is 5.03. The van der Waals surface area contributed by atoms with Gasteiger partial charge in [-0.2, -0.15) is 0 Å². The summed E-state index contributed by atoms with van der Waals surface area (Å²) in [4.78, 5) is 15.6. The molecule has 0 radical (unpaired) electrons. The van der Waals surface area contributed by atoms with Crippen LogP contribution in [0.3, 0.4) is 0 Å². The Hall–Kier alpha value is -1.90. The van der Waals surface area contributed by atoms with E-state index in [1.165, 1.54) is 10.6 Å². The van der Waals surface area contributed by atoms with Crippen molar-refractivity contribution in [3.63, 3.8) is 0 Å². The van der Waals surface area contributed by atoms with Crippen molar-refractivity contribution in [3.05, 3.63) is 53.1 Å². The van der Waals surface area contributed by atoms with Crippen LogP contribution in [0.5, 0.6) is 0 Å². The van der Waals surface area contributed by atoms with Crippen molar-refractivity contribution in [1.29, 1.82) is 0 Å². The molecule has 0 aromatic carbocycles. The van der Waals surface area contributed by atoms with E-state index in [0.717, 1.165) is 5.70 Å². The summed E-state index contributed by atoms with van der Waals surface area (Å²) in [5.41, 5.74) is 1.38. The van der Waals surface area contributed by atoms with Crippen LogP contribution < -0.4 is 5.56 Å². The molecule has 0 saturated heterocycles. The van der Waals surface area contributed by atoms with Crippen LogP contribution in [-0.4, -0.2) is 10.8 Å². The molecule has 15 heavy (non-hydrogen) atoms. The monoisotopic (exact) mass is 202 g/mol. The van der Waals surface area contributed by atoms with Gasteiger partial charge in [0.2, 0.25) is 0 Å². The van der Waals surface area contributed by atoms with Gasteiger partial charge in [-0.15, -0.1) is 0 Å². The van der Waals surface area contributed by atoms with E-state index < -0.39 is 0 Å². The van der Waals surface area contributed by atoms with E-state index >= 15 is 0 Å². The van der Waals surface area contributed by atoms with Crippen molar-refractivity contribution in [3.8, 4) is 0 Å². The fourth-order valence-electron chi connectivity index (χ4n) is 1.09. The van der Waals surface area contributed by atoms with E-state index in [1.54, 1.807) is 31.5 Å². The van der Waals surface area contributed by atoms with Crippen LogP contribution in [0.2, 0.25) is 0 Å². The minimum Gasteiger partial charge on any atom is -0.283 e. The van der Waals surface area contributed by atoms with Crippen LogP contribution in [0.25, 0.3) is 5.70 Å². The Labute approximate surface area is 89.1 Å². The first-order valence-electron chi connectivity index (χ1n) is 4.69. The summed E-state index contributed by atoms with van der Waals surface area (Å²) >= 11 is 0. The zero-order valence-corrected chi connectivity index (χ0v) is 8.97. The molecule has 1 rings (SSSR count). The summed E-state index contributed by atoms with van der Waals surface area (Å²) in [5.74, 6) is 0. The van der Waals surface area contributed by atoms with Gasteiger partial charge in [0.05, 0.1) is 11.9 Å². The van der Waals surface area contributed by atoms with Gasteiger partial charge in [0, 0.05) is 18.0 Å². The van der Waals surface area contributed by atoms with Gasteiger partial charge in [-0.25, -0.2) is 0 Å². The molecule has 0 aliphatic rings. The number of pyridine rings is 1. The number of aromatic nitrogens is 1. The van der Waals surface area contributed by atoms with Gasteiger partial charge in [-0.1, -0.05) is 18.7 Å². The molecule has 0 saturated carbocycles. The lowest BCUT2D eigenvalue weighted by Gasteiger charge is -2.04. The zero-order chi connectivity index (χ0) is 11.3. The highest BCUT2D eigenvalue weighted by Gasteiger charge is 1.96. The van der Waals surface area contributed by atoms with Crippen LogP contribution in [-0.2, 0) is 0 Å². The van der Waals surface area contributed by atoms with Gasteiger partial charge in [0.15, 0.2) is 0 Å². The molecule has 0 amide bonds. The number of nitrogens with zero attached hydrogens (tertiary/aromatic N) is 2. The minimum absolute atomic E-state index is 0.0706. The van der Waals surface area contributed by atoms with Crippen LogP contribution in [0.15, 0.2) is 52.5 Å². The molecule has 3 heteroatoms. The third-order valence-corrected chi connectivity index (χ3v) is 1.81. The first kappa shape index (κ1) is 11.2. The summed E-state index contributed by atoms with van der Waals surface area (Å²) < 4.78 is 1.53. The van der Waals surface area contributed by atoms with Crippen molar-refractivity contribution in [2.24, 2.45) is 4.99 Å². The van der Waals surface area contributed by atoms with Crippen molar-refractivity contribution in [1.82, 2.24) is 4.57 Å². The molecule has 0 N–H and O–H groups in total. The predicted octanol–water partition coefficient (Wildman–Crippen LogP) is 2.31. The lowest BCUT2D eigenvalue weighted by molar-refractivity contribution is 1.04. The summed E-state index contributed by atoms with van der Waals surface area (Å²) in [6.07, 6.45) is 5.17. The van der Waals surface area contributed by atoms with Gasteiger partial charge in [0.1, 0.15) is 0 Å². The molecule has 1 aromatic rings. The van der Waals surface area contributed by atoms with E-state index in [4.69, 9.17) is 0 Å². The maximum absolute atomic E-state index is 11.5. The van der Waals surface area contributed by atoms with E-state index in [2.05, 4.69) is 11.6 Å². The van der Waals surface area contributed by atoms with E-state index in [9.17, 15) is 4.79 Å². The van der Waals surface area contributed by atoms with Crippen LogP contribution in [0.4, 0.5) is 0 Å². The molecule has 0 spiro atoms. The van der Waals surface area contributed by atoms with Crippen molar-refractivity contribution < 1.29 is 0 Å². The lowest BCUT2D eigenvalue weighted by atomic mass is 10.4. The zero-order valence-electron chi connectivity index (χ0n) is 8.97. The Balaban J connectivity index is 3.11. The molecule has 0 bridgehead atoms. The Kier molecular flexibility index (Phi) is 3.80. The topological polar surface area (TPSA) is 34.4 Å². The van der Waals surface area contributed by atoms with E-state index in [1.807, 2.05) is 13.0 Å². The van der Waals surface area contributed by atoms with E-state index in [-0.39, 0.29) is 5.56 Å². The van der Waals surface area contributed by atoms with Gasteiger partial charge in [-0.05, 0) is 19.9 Å². The standard InChI is InChI=1S/C12H14N2O/c1-4-11(9-13-10(2)3)14-8-6-5-7-12(14)15/h4-9H,2H2,1,3H3/b11-4+,13-9-. The van der Waals surface area contributed by atoms with Gasteiger partial charge < -0.3 is 0 Å². The molecular weight excluding hydrogens is 188 g/mol. The molecule has 78 valence electrons. The SMILES string of the molecule is C=C(C)/N=C\C(=C/C)n1ccccc1=O. The Morgan fingerprint density at radius 3 is 2.80 bits per heavy atom. The normalized spacial score (nSPS) is 12.0. The average molecular weight is 202 g/mol. The Morgan fingerprint density at radius 2 is 2.27 bits per heavy atom. The van der Waals surface area contributed by atoms with Crippen molar-refractivity contribution >= 4 is 11.9 Å². The number of allylic oxidation sites excluding steroid dienone is 3. The first-order chi connectivity index (χ1) is 7.15. The summed E-state index contributed by atoms with van der Waals surface area (Å²) in [6.45, 7) is 7.33. The number of hydrogen-bond acceptors (Lipinski definition) is 2. The molecule has 1 heterocycles. The predicted molar refractivity (Wildman–Crippen MR) is 64.0 cm³/mol. The Bertz CT molecular complexity index is 467. The number of hydrogen-bond donors (Lipinski definition) is 0. The van der Waals surface area contributed by atoms with E-state index in [0.29, 0.717) is 5.70 Å². The third kappa shape index (κ3) is 3.06. The summed E-state index contributed by atoms with van der Waals surface area (Å²) in [7, 11) is 0. The highest BCUT2D eigenvalue weighted by Crippen LogP contribution is 1.99. The van der Waals surface area contributed by atoms with Crippen LogP contribution in [0.1, 0.15) is 13.8 Å². The van der Waals surface area contributed by atoms with Crippen molar-refractivity contribution in [2.75, 3.05) is 0 Å². The average Bonchev–Trinajstić information content (AvgIpc) is 2.21. The van der Waals surface area contributed by atoms with Crippen LogP contribution in [0, 0.1) is 0 Å². The molecule has 0 aliphatic carbocycles.